The van der Waals surface area contributed by atoms with Crippen LogP contribution in [-0.2, 0) is 4.79 Å². The van der Waals surface area contributed by atoms with E-state index in [0.717, 1.165) is 23.4 Å². The molecule has 3 rings (SSSR count). The first kappa shape index (κ1) is 21.1. The Kier molecular flexibility index (Phi) is 7.09. The summed E-state index contributed by atoms with van der Waals surface area (Å²) in [5, 5.41) is 3.64. The highest BCUT2D eigenvalue weighted by molar-refractivity contribution is 8.13. The predicted molar refractivity (Wildman–Crippen MR) is 120 cm³/mol. The van der Waals surface area contributed by atoms with Gasteiger partial charge in [-0.25, -0.2) is 4.99 Å². The molecule has 2 aromatic carbocycles. The highest BCUT2D eigenvalue weighted by atomic mass is 32.2. The minimum Gasteiger partial charge on any atom is -0.340 e. The van der Waals surface area contributed by atoms with Gasteiger partial charge >= 0.3 is 0 Å². The zero-order valence-corrected chi connectivity index (χ0v) is 17.9. The molecule has 5 nitrogen and oxygen atoms in total. The molecule has 6 heteroatoms. The van der Waals surface area contributed by atoms with E-state index in [1.54, 1.807) is 28.8 Å². The van der Waals surface area contributed by atoms with Gasteiger partial charge in [0.2, 0.25) is 0 Å². The van der Waals surface area contributed by atoms with Gasteiger partial charge in [0, 0.05) is 17.9 Å². The highest BCUT2D eigenvalue weighted by Crippen LogP contribution is 2.24. The maximum absolute atomic E-state index is 13.4. The number of benzene rings is 2. The SMILES string of the molecule is Cc1ccc(C(=O)N[C@H](C(=O)N2CCCSC2=Nc2ccccc2)C(C)C)cc1. The third kappa shape index (κ3) is 5.48. The number of rotatable bonds is 5. The minimum absolute atomic E-state index is 0.0400. The summed E-state index contributed by atoms with van der Waals surface area (Å²) in [6.45, 7) is 6.48. The van der Waals surface area contributed by atoms with Crippen LogP contribution in [0.4, 0.5) is 5.69 Å². The summed E-state index contributed by atoms with van der Waals surface area (Å²) in [6, 6.07) is 16.4. The van der Waals surface area contributed by atoms with Crippen molar-refractivity contribution in [3.8, 4) is 0 Å². The van der Waals surface area contributed by atoms with Crippen LogP contribution in [-0.4, -0.2) is 40.2 Å². The maximum atomic E-state index is 13.4. The Morgan fingerprint density at radius 2 is 1.76 bits per heavy atom. The van der Waals surface area contributed by atoms with Crippen LogP contribution < -0.4 is 5.32 Å². The lowest BCUT2D eigenvalue weighted by Gasteiger charge is -2.32. The molecule has 29 heavy (non-hydrogen) atoms. The van der Waals surface area contributed by atoms with Crippen molar-refractivity contribution in [3.05, 3.63) is 65.7 Å². The van der Waals surface area contributed by atoms with Gasteiger partial charge in [0.05, 0.1) is 5.69 Å². The molecule has 1 N–H and O–H groups in total. The number of para-hydroxylation sites is 1. The zero-order valence-electron chi connectivity index (χ0n) is 17.1. The molecule has 1 fully saturated rings. The fourth-order valence-corrected chi connectivity index (χ4v) is 4.04. The zero-order chi connectivity index (χ0) is 20.8. The molecule has 1 saturated heterocycles. The Morgan fingerprint density at radius 3 is 2.41 bits per heavy atom. The molecule has 0 radical (unpaired) electrons. The summed E-state index contributed by atoms with van der Waals surface area (Å²) in [6.07, 6.45) is 0.904. The van der Waals surface area contributed by atoms with E-state index in [2.05, 4.69) is 10.3 Å². The summed E-state index contributed by atoms with van der Waals surface area (Å²) in [5.41, 5.74) is 2.46. The first-order valence-electron chi connectivity index (χ1n) is 9.91. The van der Waals surface area contributed by atoms with E-state index in [1.165, 1.54) is 0 Å². The number of hydrogen-bond acceptors (Lipinski definition) is 4. The van der Waals surface area contributed by atoms with Gasteiger partial charge in [0.15, 0.2) is 5.17 Å². The second kappa shape index (κ2) is 9.74. The molecule has 0 saturated carbocycles. The van der Waals surface area contributed by atoms with Gasteiger partial charge in [-0.2, -0.15) is 0 Å². The normalized spacial score (nSPS) is 16.7. The van der Waals surface area contributed by atoms with Crippen LogP contribution in [0.2, 0.25) is 0 Å². The smallest absolute Gasteiger partial charge is 0.251 e. The van der Waals surface area contributed by atoms with Crippen molar-refractivity contribution in [1.82, 2.24) is 10.2 Å². The Bertz CT molecular complexity index is 879. The van der Waals surface area contributed by atoms with E-state index in [-0.39, 0.29) is 17.7 Å². The number of carbonyl (C=O) groups is 2. The second-order valence-electron chi connectivity index (χ2n) is 7.48. The van der Waals surface area contributed by atoms with E-state index >= 15 is 0 Å². The Hall–Kier alpha value is -2.60. The molecule has 0 unspecified atom stereocenters. The van der Waals surface area contributed by atoms with Crippen molar-refractivity contribution >= 4 is 34.4 Å². The van der Waals surface area contributed by atoms with E-state index in [4.69, 9.17) is 0 Å². The number of amides is 2. The molecular formula is C23H27N3O2S. The van der Waals surface area contributed by atoms with E-state index in [1.807, 2.05) is 63.2 Å². The number of amidine groups is 1. The second-order valence-corrected chi connectivity index (χ2v) is 8.55. The Labute approximate surface area is 176 Å². The molecule has 0 spiro atoms. The maximum Gasteiger partial charge on any atom is 0.251 e. The van der Waals surface area contributed by atoms with Crippen molar-refractivity contribution in [2.45, 2.75) is 33.2 Å². The molecule has 1 aliphatic rings. The summed E-state index contributed by atoms with van der Waals surface area (Å²) in [5.74, 6) is 0.546. The topological polar surface area (TPSA) is 61.8 Å². The van der Waals surface area contributed by atoms with E-state index in [9.17, 15) is 9.59 Å². The number of nitrogens with one attached hydrogen (secondary N) is 1. The van der Waals surface area contributed by atoms with Crippen molar-refractivity contribution in [2.75, 3.05) is 12.3 Å². The van der Waals surface area contributed by atoms with E-state index < -0.39 is 6.04 Å². The van der Waals surface area contributed by atoms with E-state index in [0.29, 0.717) is 17.3 Å². The van der Waals surface area contributed by atoms with Crippen LogP contribution in [0, 0.1) is 12.8 Å². The summed E-state index contributed by atoms with van der Waals surface area (Å²) >= 11 is 1.58. The van der Waals surface area contributed by atoms with Gasteiger partial charge in [-0.3, -0.25) is 14.5 Å². The number of hydrogen-bond donors (Lipinski definition) is 1. The van der Waals surface area contributed by atoms with Gasteiger partial charge in [-0.1, -0.05) is 61.5 Å². The molecule has 1 aliphatic heterocycles. The average Bonchev–Trinajstić information content (AvgIpc) is 2.73. The molecule has 152 valence electrons. The van der Waals surface area contributed by atoms with Crippen LogP contribution in [0.3, 0.4) is 0 Å². The summed E-state index contributed by atoms with van der Waals surface area (Å²) in [4.78, 5) is 32.5. The summed E-state index contributed by atoms with van der Waals surface area (Å²) in [7, 11) is 0. The fourth-order valence-electron chi connectivity index (χ4n) is 3.08. The standard InChI is InChI=1S/C23H27N3O2S/c1-16(2)20(25-21(27)18-12-10-17(3)11-13-18)22(28)26-14-7-15-29-23(26)24-19-8-5-4-6-9-19/h4-6,8-13,16,20H,7,14-15H2,1-3H3,(H,25,27)/t20-/m0/s1. The lowest BCUT2D eigenvalue weighted by Crippen LogP contribution is -2.53. The van der Waals surface area contributed by atoms with Gasteiger partial charge in [-0.05, 0) is 43.5 Å². The quantitative estimate of drug-likeness (QED) is 0.796. The number of nitrogens with zero attached hydrogens (tertiary/aromatic N) is 2. The van der Waals surface area contributed by atoms with Crippen LogP contribution in [0.5, 0.6) is 0 Å². The predicted octanol–water partition coefficient (Wildman–Crippen LogP) is 4.40. The number of carbonyl (C=O) groups excluding carboxylic acids is 2. The fraction of sp³-hybridized carbons (Fsp3) is 0.348. The Balaban J connectivity index is 1.80. The molecule has 1 heterocycles. The number of thioether (sulfide) groups is 1. The van der Waals surface area contributed by atoms with Crippen LogP contribution in [0.1, 0.15) is 36.2 Å². The Morgan fingerprint density at radius 1 is 1.07 bits per heavy atom. The van der Waals surface area contributed by atoms with Crippen LogP contribution in [0.25, 0.3) is 0 Å². The molecule has 0 aromatic heterocycles. The molecule has 0 bridgehead atoms. The van der Waals surface area contributed by atoms with Gasteiger partial charge < -0.3 is 5.32 Å². The lowest BCUT2D eigenvalue weighted by molar-refractivity contribution is -0.130. The van der Waals surface area contributed by atoms with Crippen molar-refractivity contribution < 1.29 is 9.59 Å². The molecule has 0 aliphatic carbocycles. The van der Waals surface area contributed by atoms with Crippen LogP contribution in [0.15, 0.2) is 59.6 Å². The summed E-state index contributed by atoms with van der Waals surface area (Å²) < 4.78 is 0. The van der Waals surface area contributed by atoms with Gasteiger partial charge in [0.1, 0.15) is 6.04 Å². The number of aryl methyl sites for hydroxylation is 1. The van der Waals surface area contributed by atoms with Gasteiger partial charge in [0.25, 0.3) is 11.8 Å². The first-order valence-corrected chi connectivity index (χ1v) is 10.9. The molecule has 1 atom stereocenters. The molecular weight excluding hydrogens is 382 g/mol. The van der Waals surface area contributed by atoms with Crippen molar-refractivity contribution in [2.24, 2.45) is 10.9 Å². The third-order valence-electron chi connectivity index (χ3n) is 4.77. The number of aliphatic imine (C=N–C) groups is 1. The van der Waals surface area contributed by atoms with Gasteiger partial charge in [-0.15, -0.1) is 0 Å². The lowest BCUT2D eigenvalue weighted by atomic mass is 10.0. The molecule has 2 amide bonds. The monoisotopic (exact) mass is 409 g/mol. The van der Waals surface area contributed by atoms with Crippen molar-refractivity contribution in [1.29, 1.82) is 0 Å². The van der Waals surface area contributed by atoms with Crippen LogP contribution >= 0.6 is 11.8 Å². The minimum atomic E-state index is -0.608. The van der Waals surface area contributed by atoms with Crippen molar-refractivity contribution in [3.63, 3.8) is 0 Å². The third-order valence-corrected chi connectivity index (χ3v) is 5.83. The highest BCUT2D eigenvalue weighted by Gasteiger charge is 2.33. The largest absolute Gasteiger partial charge is 0.340 e. The first-order chi connectivity index (χ1) is 14.0. The average molecular weight is 410 g/mol. The molecule has 2 aromatic rings.